The van der Waals surface area contributed by atoms with E-state index >= 15 is 0 Å². The molecule has 3 aliphatic carbocycles. The van der Waals surface area contributed by atoms with Crippen LogP contribution < -0.4 is 28.7 Å². The van der Waals surface area contributed by atoms with Crippen LogP contribution in [0.25, 0.3) is 75.8 Å². The van der Waals surface area contributed by atoms with Gasteiger partial charge in [0.05, 0.1) is 22.2 Å². The smallest absolute Gasteiger partial charge is 0.178 e. The van der Waals surface area contributed by atoms with Crippen molar-refractivity contribution in [2.24, 2.45) is 0 Å². The zero-order valence-electron chi connectivity index (χ0n) is 65.9. The number of hydrogen-bond acceptors (Lipinski definition) is 7. The van der Waals surface area contributed by atoms with Gasteiger partial charge in [0, 0.05) is 65.0 Å². The molecule has 0 bridgehead atoms. The van der Waals surface area contributed by atoms with Crippen LogP contribution in [0, 0.1) is 0 Å². The summed E-state index contributed by atoms with van der Waals surface area (Å²) >= 11 is 1.88. The molecule has 1 aromatic heterocycles. The van der Waals surface area contributed by atoms with Crippen molar-refractivity contribution >= 4 is 65.6 Å². The Morgan fingerprint density at radius 1 is 0.233 bits per heavy atom. The third-order valence-corrected chi connectivity index (χ3v) is 26.4. The molecule has 0 spiro atoms. The monoisotopic (exact) mass is 1560 g/mol. The highest BCUT2D eigenvalue weighted by atomic mass is 32.1. The standard InChI is InChI=1S/C58H41NO2.C55H35NO2S/c1-57(2)47-23-11-9-20-44(47)45-22-15-25-50(55(45)57)59(42-32-28-39(29-33-42)38-16-5-3-6-17-38)43-34-30-41(31-35-43)58(40-18-7-4-8-19-40)48-24-12-10-21-46(48)54-49(58)36-37-53-56(54)61-52-27-14-13-26-51(52)60-53;1-3-16-38(17-4-1)56(39-18-5-2-6-19-39)47-26-11-8-20-40(47)36-30-32-37(33-31-36)55(46-25-15-23-42-41-21-9-14-29-51(41)59-54(42)46)44-24-10-7-22-43(44)52-45(55)34-35-50-53(52)58-49-28-13-12-27-48(49)57-50/h3-37H,1-2H3;1-35H. The molecule has 0 fully saturated rings. The molecule has 3 heterocycles. The van der Waals surface area contributed by atoms with Gasteiger partial charge in [-0.1, -0.05) is 335 Å². The van der Waals surface area contributed by atoms with E-state index in [0.29, 0.717) is 0 Å². The summed E-state index contributed by atoms with van der Waals surface area (Å²) in [6.07, 6.45) is 0. The van der Waals surface area contributed by atoms with Crippen LogP contribution in [-0.2, 0) is 16.2 Å². The van der Waals surface area contributed by atoms with Crippen LogP contribution >= 0.6 is 11.3 Å². The molecule has 120 heavy (non-hydrogen) atoms. The molecule has 2 aliphatic heterocycles. The Morgan fingerprint density at radius 2 is 0.625 bits per heavy atom. The summed E-state index contributed by atoms with van der Waals surface area (Å²) in [6.45, 7) is 4.73. The average molecular weight is 1560 g/mol. The first-order valence-electron chi connectivity index (χ1n) is 41.1. The fourth-order valence-electron chi connectivity index (χ4n) is 20.1. The summed E-state index contributed by atoms with van der Waals surface area (Å²) in [7, 11) is 0. The molecule has 6 nitrogen and oxygen atoms in total. The fraction of sp³-hybridized carbons (Fsp3) is 0.0442. The van der Waals surface area contributed by atoms with Crippen LogP contribution in [0.3, 0.4) is 0 Å². The van der Waals surface area contributed by atoms with Crippen molar-refractivity contribution in [3.05, 3.63) is 480 Å². The van der Waals surface area contributed by atoms with Gasteiger partial charge in [0.2, 0.25) is 0 Å². The number of thiophene rings is 1. The van der Waals surface area contributed by atoms with E-state index in [4.69, 9.17) is 18.9 Å². The second kappa shape index (κ2) is 28.1. The number of anilines is 6. The van der Waals surface area contributed by atoms with Crippen molar-refractivity contribution in [3.63, 3.8) is 0 Å². The number of para-hydroxylation sites is 7. The lowest BCUT2D eigenvalue weighted by Gasteiger charge is -2.35. The lowest BCUT2D eigenvalue weighted by molar-refractivity contribution is 0.360. The van der Waals surface area contributed by atoms with E-state index in [1.54, 1.807) is 0 Å². The largest absolute Gasteiger partial charge is 0.449 e. The topological polar surface area (TPSA) is 43.4 Å². The molecule has 568 valence electrons. The third kappa shape index (κ3) is 10.9. The molecule has 19 aromatic rings. The molecule has 5 aliphatic rings. The first-order chi connectivity index (χ1) is 59.3. The Labute approximate surface area is 701 Å². The molecule has 0 amide bonds. The summed E-state index contributed by atoms with van der Waals surface area (Å²) in [4.78, 5) is 4.80. The summed E-state index contributed by atoms with van der Waals surface area (Å²) in [5.74, 6) is 5.85. The third-order valence-electron chi connectivity index (χ3n) is 25.2. The van der Waals surface area contributed by atoms with Crippen molar-refractivity contribution in [3.8, 4) is 102 Å². The van der Waals surface area contributed by atoms with Gasteiger partial charge in [-0.2, -0.15) is 0 Å². The number of nitrogens with zero attached hydrogens (tertiary/aromatic N) is 2. The van der Waals surface area contributed by atoms with Gasteiger partial charge in [0.15, 0.2) is 46.0 Å². The highest BCUT2D eigenvalue weighted by Crippen LogP contribution is 2.66. The van der Waals surface area contributed by atoms with E-state index in [-0.39, 0.29) is 5.41 Å². The maximum Gasteiger partial charge on any atom is 0.178 e. The van der Waals surface area contributed by atoms with Crippen molar-refractivity contribution < 1.29 is 18.9 Å². The fourth-order valence-corrected chi connectivity index (χ4v) is 21.4. The van der Waals surface area contributed by atoms with E-state index in [0.717, 1.165) is 108 Å². The van der Waals surface area contributed by atoms with Crippen LogP contribution in [0.4, 0.5) is 34.1 Å². The van der Waals surface area contributed by atoms with Gasteiger partial charge < -0.3 is 28.7 Å². The van der Waals surface area contributed by atoms with E-state index in [1.807, 2.05) is 59.9 Å². The Kier molecular flexibility index (Phi) is 16.5. The zero-order valence-corrected chi connectivity index (χ0v) is 66.7. The van der Waals surface area contributed by atoms with Gasteiger partial charge in [-0.3, -0.25) is 0 Å². The molecular formula is C113H76N2O4S. The van der Waals surface area contributed by atoms with Crippen LogP contribution in [0.15, 0.2) is 425 Å². The van der Waals surface area contributed by atoms with Crippen LogP contribution in [0.5, 0.6) is 46.0 Å². The summed E-state index contributed by atoms with van der Waals surface area (Å²) in [5, 5.41) is 2.55. The Balaban J connectivity index is 0.000000140. The number of rotatable bonds is 12. The van der Waals surface area contributed by atoms with E-state index in [2.05, 4.69) is 400 Å². The molecule has 0 saturated carbocycles. The van der Waals surface area contributed by atoms with E-state index < -0.39 is 10.8 Å². The van der Waals surface area contributed by atoms with Crippen LogP contribution in [-0.4, -0.2) is 0 Å². The summed E-state index contributed by atoms with van der Waals surface area (Å²) in [6, 6.07) is 153. The van der Waals surface area contributed by atoms with Crippen LogP contribution in [0.1, 0.15) is 69.5 Å². The Hall–Kier alpha value is -15.0. The Bertz CT molecular complexity index is 7210. The maximum atomic E-state index is 6.84. The second-order valence-electron chi connectivity index (χ2n) is 31.9. The number of hydrogen-bond donors (Lipinski definition) is 0. The number of fused-ring (bicyclic) bond motifs is 18. The van der Waals surface area contributed by atoms with Gasteiger partial charge in [0.25, 0.3) is 0 Å². The van der Waals surface area contributed by atoms with Crippen molar-refractivity contribution in [1.82, 2.24) is 0 Å². The maximum absolute atomic E-state index is 6.84. The molecule has 0 radical (unpaired) electrons. The highest BCUT2D eigenvalue weighted by Gasteiger charge is 2.51. The second-order valence-corrected chi connectivity index (χ2v) is 33.0. The molecule has 7 heteroatoms. The lowest BCUT2D eigenvalue weighted by atomic mass is 9.67. The van der Waals surface area contributed by atoms with Gasteiger partial charge in [-0.15, -0.1) is 11.3 Å². The number of ether oxygens (including phenoxy) is 4. The molecule has 0 N–H and O–H groups in total. The summed E-state index contributed by atoms with van der Waals surface area (Å²) in [5.41, 5.74) is 29.2. The summed E-state index contributed by atoms with van der Waals surface area (Å²) < 4.78 is 29.2. The van der Waals surface area contributed by atoms with Gasteiger partial charge in [0.1, 0.15) is 0 Å². The number of benzene rings is 18. The minimum atomic E-state index is -0.667. The van der Waals surface area contributed by atoms with Gasteiger partial charge in [-0.25, -0.2) is 0 Å². The normalized spacial score (nSPS) is 15.3. The average Bonchev–Trinajstić information content (AvgIpc) is 1.51. The van der Waals surface area contributed by atoms with E-state index in [1.165, 1.54) is 104 Å². The molecule has 2 unspecified atom stereocenters. The minimum absolute atomic E-state index is 0.204. The van der Waals surface area contributed by atoms with Gasteiger partial charge in [-0.05, 0) is 198 Å². The molecular weight excluding hydrogens is 1480 g/mol. The first-order valence-corrected chi connectivity index (χ1v) is 41.9. The molecule has 2 atom stereocenters. The molecule has 0 saturated heterocycles. The SMILES string of the molecule is CC1(C)c2ccccc2-c2cccc(N(c3ccc(-c4ccccc4)cc3)c3ccc(C4(c5ccccc5)c5ccccc5-c5c4ccc4c5Oc5ccccc5O4)cc3)c21.c1ccc(N(c2ccccc2)c2ccccc2-c2ccc(C3(c4cccc5c4sc4ccccc45)c4ccccc4-c4c3ccc3c4Oc4ccccc4O3)cc2)cc1. The van der Waals surface area contributed by atoms with Crippen molar-refractivity contribution in [2.45, 2.75) is 30.1 Å². The molecule has 24 rings (SSSR count). The highest BCUT2D eigenvalue weighted by molar-refractivity contribution is 7.26. The quantitative estimate of drug-likeness (QED) is 0.121. The predicted octanol–water partition coefficient (Wildman–Crippen LogP) is 30.8. The lowest BCUT2D eigenvalue weighted by Crippen LogP contribution is -2.28. The minimum Gasteiger partial charge on any atom is -0.449 e. The van der Waals surface area contributed by atoms with Crippen molar-refractivity contribution in [2.75, 3.05) is 9.80 Å². The Morgan fingerprint density at radius 3 is 1.24 bits per heavy atom. The van der Waals surface area contributed by atoms with Gasteiger partial charge >= 0.3 is 0 Å². The van der Waals surface area contributed by atoms with E-state index in [9.17, 15) is 0 Å². The predicted molar refractivity (Wildman–Crippen MR) is 491 cm³/mol. The molecule has 18 aromatic carbocycles. The zero-order chi connectivity index (χ0) is 79.6. The van der Waals surface area contributed by atoms with Crippen LogP contribution in [0.2, 0.25) is 0 Å². The first kappa shape index (κ1) is 70.4. The van der Waals surface area contributed by atoms with Crippen molar-refractivity contribution in [1.29, 1.82) is 0 Å².